The van der Waals surface area contributed by atoms with E-state index in [9.17, 15) is 9.59 Å². The first kappa shape index (κ1) is 25.3. The molecule has 0 aliphatic carbocycles. The Bertz CT molecular complexity index is 1160. The summed E-state index contributed by atoms with van der Waals surface area (Å²) < 4.78 is 21.9. The fourth-order valence-electron chi connectivity index (χ4n) is 3.07. The van der Waals surface area contributed by atoms with Gasteiger partial charge in [0.1, 0.15) is 11.5 Å². The van der Waals surface area contributed by atoms with Crippen molar-refractivity contribution >= 4 is 18.1 Å². The first-order valence-electron chi connectivity index (χ1n) is 11.3. The van der Waals surface area contributed by atoms with Crippen LogP contribution in [-0.4, -0.2) is 37.9 Å². The highest BCUT2D eigenvalue weighted by molar-refractivity contribution is 5.95. The van der Waals surface area contributed by atoms with Crippen LogP contribution in [0.4, 0.5) is 0 Å². The molecule has 0 bridgehead atoms. The Morgan fingerprint density at radius 3 is 1.89 bits per heavy atom. The van der Waals surface area contributed by atoms with Crippen LogP contribution in [0.25, 0.3) is 0 Å². The number of hydrazone groups is 1. The minimum Gasteiger partial charge on any atom is -0.494 e. The standard InChI is InChI=1S/C27H28N2O6/c1-4-32-22-12-8-20(9-13-22)26(30)29-28-18-19-7-16-24(25(17-19)34-6-3)35-27(31)21-10-14-23(15-11-21)33-5-2/h7-18H,4-6H2,1-3H3,(H,29,30)/b28-18+. The van der Waals surface area contributed by atoms with E-state index in [2.05, 4.69) is 10.5 Å². The third-order valence-corrected chi connectivity index (χ3v) is 4.68. The zero-order valence-corrected chi connectivity index (χ0v) is 19.9. The molecule has 8 nitrogen and oxygen atoms in total. The average molecular weight is 477 g/mol. The van der Waals surface area contributed by atoms with Gasteiger partial charge in [-0.15, -0.1) is 0 Å². The number of benzene rings is 3. The Balaban J connectivity index is 1.65. The number of nitrogens with zero attached hydrogens (tertiary/aromatic N) is 1. The number of ether oxygens (including phenoxy) is 4. The van der Waals surface area contributed by atoms with Crippen LogP contribution in [0, 0.1) is 0 Å². The average Bonchev–Trinajstić information content (AvgIpc) is 2.87. The fourth-order valence-corrected chi connectivity index (χ4v) is 3.07. The zero-order valence-electron chi connectivity index (χ0n) is 19.9. The van der Waals surface area contributed by atoms with Crippen molar-refractivity contribution in [2.24, 2.45) is 5.10 Å². The molecule has 0 aromatic heterocycles. The summed E-state index contributed by atoms with van der Waals surface area (Å²) in [4.78, 5) is 24.8. The van der Waals surface area contributed by atoms with Gasteiger partial charge in [-0.25, -0.2) is 10.2 Å². The maximum Gasteiger partial charge on any atom is 0.343 e. The van der Waals surface area contributed by atoms with Crippen LogP contribution in [-0.2, 0) is 0 Å². The highest BCUT2D eigenvalue weighted by Gasteiger charge is 2.13. The van der Waals surface area contributed by atoms with E-state index in [1.54, 1.807) is 66.7 Å². The van der Waals surface area contributed by atoms with E-state index >= 15 is 0 Å². The molecule has 3 rings (SSSR count). The van der Waals surface area contributed by atoms with Crippen LogP contribution in [0.5, 0.6) is 23.0 Å². The number of carbonyl (C=O) groups is 2. The highest BCUT2D eigenvalue weighted by Crippen LogP contribution is 2.29. The molecule has 3 aromatic rings. The van der Waals surface area contributed by atoms with Gasteiger partial charge < -0.3 is 18.9 Å². The van der Waals surface area contributed by atoms with Crippen molar-refractivity contribution in [3.63, 3.8) is 0 Å². The summed E-state index contributed by atoms with van der Waals surface area (Å²) >= 11 is 0. The SMILES string of the molecule is CCOc1ccc(C(=O)N/N=C/c2ccc(OC(=O)c3ccc(OCC)cc3)c(OCC)c2)cc1. The lowest BCUT2D eigenvalue weighted by Gasteiger charge is -2.11. The van der Waals surface area contributed by atoms with E-state index in [-0.39, 0.29) is 11.7 Å². The maximum atomic E-state index is 12.6. The number of carbonyl (C=O) groups excluding carboxylic acids is 2. The third-order valence-electron chi connectivity index (χ3n) is 4.68. The fraction of sp³-hybridized carbons (Fsp3) is 0.222. The summed E-state index contributed by atoms with van der Waals surface area (Å²) in [7, 11) is 0. The van der Waals surface area contributed by atoms with Crippen molar-refractivity contribution in [1.82, 2.24) is 5.43 Å². The van der Waals surface area contributed by atoms with Gasteiger partial charge in [0.25, 0.3) is 5.91 Å². The van der Waals surface area contributed by atoms with Crippen LogP contribution >= 0.6 is 0 Å². The number of nitrogens with one attached hydrogen (secondary N) is 1. The summed E-state index contributed by atoms with van der Waals surface area (Å²) in [5.74, 6) is 1.17. The van der Waals surface area contributed by atoms with Crippen molar-refractivity contribution in [1.29, 1.82) is 0 Å². The number of amides is 1. The van der Waals surface area contributed by atoms with Crippen LogP contribution < -0.4 is 24.4 Å². The summed E-state index contributed by atoms with van der Waals surface area (Å²) in [6.07, 6.45) is 1.48. The van der Waals surface area contributed by atoms with Crippen LogP contribution in [0.3, 0.4) is 0 Å². The molecule has 35 heavy (non-hydrogen) atoms. The van der Waals surface area contributed by atoms with Gasteiger partial charge in [-0.1, -0.05) is 0 Å². The first-order chi connectivity index (χ1) is 17.0. The molecule has 0 heterocycles. The Hall–Kier alpha value is -4.33. The van der Waals surface area contributed by atoms with Crippen LogP contribution in [0.2, 0.25) is 0 Å². The normalized spacial score (nSPS) is 10.6. The van der Waals surface area contributed by atoms with Crippen molar-refractivity contribution in [3.05, 3.63) is 83.4 Å². The second-order valence-corrected chi connectivity index (χ2v) is 7.14. The molecule has 0 atom stereocenters. The van der Waals surface area contributed by atoms with Crippen molar-refractivity contribution in [2.75, 3.05) is 19.8 Å². The minimum absolute atomic E-state index is 0.279. The first-order valence-corrected chi connectivity index (χ1v) is 11.3. The van der Waals surface area contributed by atoms with Crippen LogP contribution in [0.1, 0.15) is 47.1 Å². The number of esters is 1. The summed E-state index contributed by atoms with van der Waals surface area (Å²) in [5.41, 5.74) is 3.98. The molecule has 1 N–H and O–H groups in total. The van der Waals surface area contributed by atoms with Gasteiger partial charge >= 0.3 is 5.97 Å². The van der Waals surface area contributed by atoms with Gasteiger partial charge in [-0.05, 0) is 93.1 Å². The monoisotopic (exact) mass is 476 g/mol. The van der Waals surface area contributed by atoms with Crippen molar-refractivity contribution < 1.29 is 28.5 Å². The van der Waals surface area contributed by atoms with Crippen molar-refractivity contribution in [2.45, 2.75) is 20.8 Å². The van der Waals surface area contributed by atoms with Crippen molar-refractivity contribution in [3.8, 4) is 23.0 Å². The lowest BCUT2D eigenvalue weighted by Crippen LogP contribution is -2.17. The molecule has 0 saturated carbocycles. The van der Waals surface area contributed by atoms with Gasteiger partial charge in [0.2, 0.25) is 0 Å². The summed E-state index contributed by atoms with van der Waals surface area (Å²) in [6.45, 7) is 7.09. The second-order valence-electron chi connectivity index (χ2n) is 7.14. The molecule has 0 radical (unpaired) electrons. The van der Waals surface area contributed by atoms with E-state index in [0.29, 0.717) is 53.8 Å². The van der Waals surface area contributed by atoms with E-state index in [1.165, 1.54) is 6.21 Å². The van der Waals surface area contributed by atoms with E-state index in [0.717, 1.165) is 0 Å². The molecule has 0 unspecified atom stereocenters. The number of hydrogen-bond acceptors (Lipinski definition) is 7. The molecule has 0 aliphatic heterocycles. The predicted octanol–water partition coefficient (Wildman–Crippen LogP) is 4.87. The summed E-state index contributed by atoms with van der Waals surface area (Å²) in [5, 5.41) is 4.01. The predicted molar refractivity (Wildman–Crippen MR) is 133 cm³/mol. The quantitative estimate of drug-likeness (QED) is 0.184. The lowest BCUT2D eigenvalue weighted by atomic mass is 10.2. The largest absolute Gasteiger partial charge is 0.494 e. The van der Waals surface area contributed by atoms with Gasteiger partial charge in [0.05, 0.1) is 31.6 Å². The lowest BCUT2D eigenvalue weighted by molar-refractivity contribution is 0.0728. The van der Waals surface area contributed by atoms with Gasteiger partial charge in [0, 0.05) is 5.56 Å². The molecule has 8 heteroatoms. The minimum atomic E-state index is -0.516. The molecular weight excluding hydrogens is 448 g/mol. The smallest absolute Gasteiger partial charge is 0.343 e. The Morgan fingerprint density at radius 1 is 0.743 bits per heavy atom. The van der Waals surface area contributed by atoms with Gasteiger partial charge in [-0.3, -0.25) is 4.79 Å². The van der Waals surface area contributed by atoms with E-state index < -0.39 is 5.97 Å². The summed E-state index contributed by atoms with van der Waals surface area (Å²) in [6, 6.07) is 18.5. The molecule has 0 fully saturated rings. The van der Waals surface area contributed by atoms with E-state index in [1.807, 2.05) is 20.8 Å². The topological polar surface area (TPSA) is 95.5 Å². The zero-order chi connectivity index (χ0) is 25.0. The Kier molecular flexibility index (Phi) is 9.24. The molecular formula is C27H28N2O6. The maximum absolute atomic E-state index is 12.6. The molecule has 0 saturated heterocycles. The molecule has 3 aromatic carbocycles. The van der Waals surface area contributed by atoms with E-state index in [4.69, 9.17) is 18.9 Å². The molecule has 0 spiro atoms. The second kappa shape index (κ2) is 12.8. The molecule has 182 valence electrons. The van der Waals surface area contributed by atoms with Crippen LogP contribution in [0.15, 0.2) is 71.8 Å². The highest BCUT2D eigenvalue weighted by atomic mass is 16.6. The Morgan fingerprint density at radius 2 is 1.31 bits per heavy atom. The third kappa shape index (κ3) is 7.33. The van der Waals surface area contributed by atoms with Gasteiger partial charge in [-0.2, -0.15) is 5.10 Å². The van der Waals surface area contributed by atoms with Gasteiger partial charge in [0.15, 0.2) is 11.5 Å². The Labute approximate surface area is 204 Å². The molecule has 0 aliphatic rings. The number of rotatable bonds is 11. The molecule has 1 amide bonds. The number of hydrogen-bond donors (Lipinski definition) is 1.